The number of pyridine rings is 1. The summed E-state index contributed by atoms with van der Waals surface area (Å²) >= 11 is 1.51. The molecule has 0 saturated carbocycles. The molecule has 6 heteroatoms. The number of Topliss-reactive ketones (excluding diaryl/α,β-unsaturated/α-hetero) is 2. The lowest BCUT2D eigenvalue weighted by molar-refractivity contribution is -0.118. The molecule has 0 aliphatic carbocycles. The van der Waals surface area contributed by atoms with Crippen LogP contribution in [0, 0.1) is 5.92 Å². The molecule has 0 amide bonds. The van der Waals surface area contributed by atoms with E-state index in [1.165, 1.54) is 11.9 Å². The lowest BCUT2D eigenvalue weighted by Gasteiger charge is -2.25. The van der Waals surface area contributed by atoms with Crippen molar-refractivity contribution in [2.45, 2.75) is 13.0 Å². The van der Waals surface area contributed by atoms with Crippen molar-refractivity contribution in [2.75, 3.05) is 10.1 Å². The number of aromatic amines is 1. The number of carbonyl (C=O) groups is 2. The van der Waals surface area contributed by atoms with Gasteiger partial charge in [-0.15, -0.1) is 0 Å². The molecule has 3 aromatic rings. The van der Waals surface area contributed by atoms with Crippen LogP contribution in [0.15, 0.2) is 55.0 Å². The Hall–Kier alpha value is -2.60. The molecule has 1 aromatic carbocycles. The van der Waals surface area contributed by atoms with Gasteiger partial charge in [0.25, 0.3) is 0 Å². The molecule has 0 bridgehead atoms. The Morgan fingerprint density at radius 3 is 2.84 bits per heavy atom. The average Bonchev–Trinajstić information content (AvgIpc) is 3.26. The number of para-hydroxylation sites is 1. The van der Waals surface area contributed by atoms with Crippen LogP contribution in [-0.4, -0.2) is 33.3 Å². The van der Waals surface area contributed by atoms with Crippen molar-refractivity contribution in [3.63, 3.8) is 0 Å². The molecule has 1 saturated heterocycles. The monoisotopic (exact) mass is 351 g/mol. The molecule has 1 N–H and O–H groups in total. The van der Waals surface area contributed by atoms with E-state index in [4.69, 9.17) is 0 Å². The van der Waals surface area contributed by atoms with E-state index in [9.17, 15) is 9.59 Å². The van der Waals surface area contributed by atoms with E-state index in [-0.39, 0.29) is 17.5 Å². The number of carbonyl (C=O) groups excluding carboxylic acids is 2. The number of H-pyrrole nitrogens is 1. The number of benzene rings is 1. The van der Waals surface area contributed by atoms with Crippen LogP contribution < -0.4 is 4.31 Å². The van der Waals surface area contributed by atoms with E-state index < -0.39 is 6.04 Å². The molecule has 1 aliphatic rings. The molecule has 3 heterocycles. The van der Waals surface area contributed by atoms with Crippen molar-refractivity contribution >= 4 is 40.1 Å². The first-order chi connectivity index (χ1) is 12.2. The summed E-state index contributed by atoms with van der Waals surface area (Å²) in [5, 5.41) is 0.902. The van der Waals surface area contributed by atoms with Crippen LogP contribution in [0.1, 0.15) is 17.3 Å². The van der Waals surface area contributed by atoms with Gasteiger partial charge in [0.15, 0.2) is 11.6 Å². The number of fused-ring (bicyclic) bond motifs is 1. The van der Waals surface area contributed by atoms with E-state index >= 15 is 0 Å². The molecule has 5 nitrogen and oxygen atoms in total. The first-order valence-electron chi connectivity index (χ1n) is 8.10. The molecule has 4 rings (SSSR count). The maximum Gasteiger partial charge on any atom is 0.171 e. The molecule has 0 spiro atoms. The Morgan fingerprint density at radius 2 is 2.08 bits per heavy atom. The summed E-state index contributed by atoms with van der Waals surface area (Å²) in [6, 6.07) is 11.0. The average molecular weight is 351 g/mol. The molecule has 1 aliphatic heterocycles. The van der Waals surface area contributed by atoms with E-state index in [2.05, 4.69) is 9.97 Å². The van der Waals surface area contributed by atoms with Crippen molar-refractivity contribution in [3.8, 4) is 0 Å². The lowest BCUT2D eigenvalue weighted by Crippen LogP contribution is -2.40. The van der Waals surface area contributed by atoms with Crippen LogP contribution in [-0.2, 0) is 4.79 Å². The molecular weight excluding hydrogens is 334 g/mol. The highest BCUT2D eigenvalue weighted by Crippen LogP contribution is 2.39. The Bertz CT molecular complexity index is 938. The van der Waals surface area contributed by atoms with Gasteiger partial charge in [0.1, 0.15) is 6.04 Å². The highest BCUT2D eigenvalue weighted by atomic mass is 32.2. The number of aromatic nitrogens is 2. The van der Waals surface area contributed by atoms with Crippen LogP contribution in [0.25, 0.3) is 10.9 Å². The summed E-state index contributed by atoms with van der Waals surface area (Å²) in [7, 11) is 0. The second kappa shape index (κ2) is 6.37. The van der Waals surface area contributed by atoms with Crippen LogP contribution >= 0.6 is 11.9 Å². The third-order valence-electron chi connectivity index (χ3n) is 4.54. The molecule has 0 radical (unpaired) electrons. The van der Waals surface area contributed by atoms with Gasteiger partial charge in [-0.3, -0.25) is 14.6 Å². The Kier molecular flexibility index (Phi) is 4.05. The van der Waals surface area contributed by atoms with E-state index in [0.717, 1.165) is 16.6 Å². The van der Waals surface area contributed by atoms with Gasteiger partial charge >= 0.3 is 0 Å². The maximum atomic E-state index is 13.2. The Morgan fingerprint density at radius 1 is 1.24 bits per heavy atom. The van der Waals surface area contributed by atoms with Crippen molar-refractivity contribution in [3.05, 3.63) is 60.6 Å². The minimum absolute atomic E-state index is 0.00737. The van der Waals surface area contributed by atoms with E-state index in [1.807, 2.05) is 40.7 Å². The number of anilines is 1. The number of ketones is 2. The second-order valence-corrected chi connectivity index (χ2v) is 7.09. The smallest absolute Gasteiger partial charge is 0.171 e. The zero-order valence-electron chi connectivity index (χ0n) is 13.7. The fraction of sp³-hybridized carbons (Fsp3) is 0.211. The summed E-state index contributed by atoms with van der Waals surface area (Å²) in [5.74, 6) is 0.211. The highest BCUT2D eigenvalue weighted by Gasteiger charge is 2.43. The number of nitrogens with zero attached hydrogens (tertiary/aromatic N) is 2. The minimum Gasteiger partial charge on any atom is -0.360 e. The second-order valence-electron chi connectivity index (χ2n) is 6.11. The molecule has 2 aromatic heterocycles. The summed E-state index contributed by atoms with van der Waals surface area (Å²) in [6.45, 7) is 1.55. The molecule has 2 unspecified atom stereocenters. The fourth-order valence-corrected chi connectivity index (χ4v) is 4.73. The molecular formula is C19H17N3O2S. The van der Waals surface area contributed by atoms with Gasteiger partial charge in [0.05, 0.1) is 17.8 Å². The highest BCUT2D eigenvalue weighted by molar-refractivity contribution is 8.01. The maximum absolute atomic E-state index is 13.2. The normalized spacial score (nSPS) is 20.1. The van der Waals surface area contributed by atoms with Gasteiger partial charge in [-0.25, -0.2) is 0 Å². The third-order valence-corrected chi connectivity index (χ3v) is 5.76. The Balaban J connectivity index is 1.70. The molecule has 126 valence electrons. The van der Waals surface area contributed by atoms with E-state index in [0.29, 0.717) is 11.3 Å². The fourth-order valence-electron chi connectivity index (χ4n) is 3.36. The number of hydrogen-bond donors (Lipinski definition) is 1. The van der Waals surface area contributed by atoms with Gasteiger partial charge < -0.3 is 9.29 Å². The van der Waals surface area contributed by atoms with Gasteiger partial charge in [-0.2, -0.15) is 0 Å². The topological polar surface area (TPSA) is 66.1 Å². The van der Waals surface area contributed by atoms with Gasteiger partial charge in [0.2, 0.25) is 0 Å². The SMILES string of the molecule is CC(=O)C1C(C(=O)c2c[nH]c3ccccc23)CSN1c1cccnc1. The van der Waals surface area contributed by atoms with Crippen LogP contribution in [0.3, 0.4) is 0 Å². The zero-order valence-corrected chi connectivity index (χ0v) is 14.5. The summed E-state index contributed by atoms with van der Waals surface area (Å²) < 4.78 is 1.92. The van der Waals surface area contributed by atoms with Crippen LogP contribution in [0.4, 0.5) is 5.69 Å². The number of hydrogen-bond acceptors (Lipinski definition) is 5. The quantitative estimate of drug-likeness (QED) is 0.576. The molecule has 2 atom stereocenters. The summed E-state index contributed by atoms with van der Waals surface area (Å²) in [4.78, 5) is 32.8. The zero-order chi connectivity index (χ0) is 17.4. The standard InChI is InChI=1S/C19H17N3O2S/c1-12(23)18-16(11-25-22(18)13-5-4-8-20-9-13)19(24)15-10-21-17-7-3-2-6-14(15)17/h2-10,16,18,21H,11H2,1H3. The van der Waals surface area contributed by atoms with Gasteiger partial charge in [0, 0.05) is 34.6 Å². The first-order valence-corrected chi connectivity index (χ1v) is 9.04. The van der Waals surface area contributed by atoms with Crippen molar-refractivity contribution in [2.24, 2.45) is 5.92 Å². The minimum atomic E-state index is -0.477. The molecule has 1 fully saturated rings. The Labute approximate surface area is 149 Å². The van der Waals surface area contributed by atoms with Crippen LogP contribution in [0.2, 0.25) is 0 Å². The number of rotatable bonds is 4. The van der Waals surface area contributed by atoms with Crippen molar-refractivity contribution in [1.29, 1.82) is 0 Å². The largest absolute Gasteiger partial charge is 0.360 e. The summed E-state index contributed by atoms with van der Waals surface area (Å²) in [6.07, 6.45) is 5.17. The predicted molar refractivity (Wildman–Crippen MR) is 99.8 cm³/mol. The third kappa shape index (κ3) is 2.72. The lowest BCUT2D eigenvalue weighted by atomic mass is 9.90. The number of nitrogens with one attached hydrogen (secondary N) is 1. The predicted octanol–water partition coefficient (Wildman–Crippen LogP) is 3.49. The van der Waals surface area contributed by atoms with Gasteiger partial charge in [-0.05, 0) is 37.1 Å². The van der Waals surface area contributed by atoms with E-state index in [1.54, 1.807) is 25.5 Å². The molecule has 25 heavy (non-hydrogen) atoms. The van der Waals surface area contributed by atoms with Crippen molar-refractivity contribution < 1.29 is 9.59 Å². The van der Waals surface area contributed by atoms with Crippen molar-refractivity contribution in [1.82, 2.24) is 9.97 Å². The van der Waals surface area contributed by atoms with Crippen LogP contribution in [0.5, 0.6) is 0 Å². The van der Waals surface area contributed by atoms with Gasteiger partial charge in [-0.1, -0.05) is 18.2 Å². The first kappa shape index (κ1) is 15.9. The summed E-state index contributed by atoms with van der Waals surface area (Å²) in [5.41, 5.74) is 2.43.